The first-order valence-electron chi connectivity index (χ1n) is 8.96. The molecule has 0 radical (unpaired) electrons. The fraction of sp³-hybridized carbons (Fsp3) is 0.350. The fourth-order valence-electron chi connectivity index (χ4n) is 3.65. The Morgan fingerprint density at radius 1 is 1.16 bits per heavy atom. The molecule has 0 aliphatic heterocycles. The van der Waals surface area contributed by atoms with Crippen molar-refractivity contribution < 1.29 is 4.79 Å². The van der Waals surface area contributed by atoms with Gasteiger partial charge in [-0.15, -0.1) is 0 Å². The molecule has 0 aromatic carbocycles. The molecule has 1 fully saturated rings. The van der Waals surface area contributed by atoms with Crippen LogP contribution >= 0.6 is 0 Å². The largest absolute Gasteiger partial charge is 0.355 e. The zero-order chi connectivity index (χ0) is 17.1. The summed E-state index contributed by atoms with van der Waals surface area (Å²) in [5.74, 6) is 0.437. The lowest BCUT2D eigenvalue weighted by atomic mass is 10.1. The van der Waals surface area contributed by atoms with Crippen LogP contribution in [0.1, 0.15) is 31.4 Å². The lowest BCUT2D eigenvalue weighted by molar-refractivity contribution is -0.124. The molecule has 1 aliphatic carbocycles. The van der Waals surface area contributed by atoms with Crippen LogP contribution in [0.2, 0.25) is 0 Å². The number of nitrogens with zero attached hydrogens (tertiary/aromatic N) is 2. The Balaban J connectivity index is 1.47. The summed E-state index contributed by atoms with van der Waals surface area (Å²) in [4.78, 5) is 24.0. The van der Waals surface area contributed by atoms with Gasteiger partial charge in [0.1, 0.15) is 5.65 Å². The van der Waals surface area contributed by atoms with Crippen molar-refractivity contribution >= 4 is 16.9 Å². The molecule has 0 bridgehead atoms. The summed E-state index contributed by atoms with van der Waals surface area (Å²) in [5, 5.41) is 4.18. The van der Waals surface area contributed by atoms with E-state index < -0.39 is 0 Å². The van der Waals surface area contributed by atoms with E-state index in [1.165, 1.54) is 12.8 Å². The van der Waals surface area contributed by atoms with Crippen LogP contribution in [0.5, 0.6) is 0 Å². The number of carbonyl (C=O) groups is 1. The quantitative estimate of drug-likeness (QED) is 0.750. The molecule has 5 heteroatoms. The molecule has 3 heterocycles. The number of aromatic nitrogens is 3. The second-order valence-electron chi connectivity index (χ2n) is 6.67. The maximum absolute atomic E-state index is 12.1. The van der Waals surface area contributed by atoms with Crippen molar-refractivity contribution in [1.29, 1.82) is 0 Å². The van der Waals surface area contributed by atoms with Crippen LogP contribution in [-0.4, -0.2) is 27.4 Å². The van der Waals surface area contributed by atoms with Crippen molar-refractivity contribution in [1.82, 2.24) is 20.3 Å². The van der Waals surface area contributed by atoms with Crippen LogP contribution < -0.4 is 5.32 Å². The SMILES string of the molecule is O=C(NCCc1cc2c(-c3ccncc3)ccnc2[nH]1)C1CCCC1. The molecule has 4 rings (SSSR count). The molecule has 5 nitrogen and oxygen atoms in total. The fourth-order valence-corrected chi connectivity index (χ4v) is 3.65. The summed E-state index contributed by atoms with van der Waals surface area (Å²) in [6, 6.07) is 8.17. The molecule has 1 saturated carbocycles. The van der Waals surface area contributed by atoms with Crippen molar-refractivity contribution in [2.75, 3.05) is 6.54 Å². The van der Waals surface area contributed by atoms with Crippen LogP contribution in [0.15, 0.2) is 42.9 Å². The Hall–Kier alpha value is -2.69. The number of aromatic amines is 1. The normalized spacial score (nSPS) is 14.9. The predicted molar refractivity (Wildman–Crippen MR) is 98.0 cm³/mol. The molecule has 128 valence electrons. The molecule has 0 unspecified atom stereocenters. The van der Waals surface area contributed by atoms with Crippen molar-refractivity contribution in [2.45, 2.75) is 32.1 Å². The number of H-pyrrole nitrogens is 1. The van der Waals surface area contributed by atoms with Crippen LogP contribution in [0.4, 0.5) is 0 Å². The summed E-state index contributed by atoms with van der Waals surface area (Å²) < 4.78 is 0. The standard InChI is InChI=1S/C20H22N4O/c25-20(15-3-1-2-4-15)23-11-7-16-13-18-17(8-12-22-19(18)24-16)14-5-9-21-10-6-14/h5-6,8-10,12-13,15H,1-4,7,11H2,(H,22,24)(H,23,25). The zero-order valence-corrected chi connectivity index (χ0v) is 14.2. The molecule has 2 N–H and O–H groups in total. The van der Waals surface area contributed by atoms with E-state index in [0.29, 0.717) is 6.54 Å². The maximum atomic E-state index is 12.1. The van der Waals surface area contributed by atoms with E-state index in [2.05, 4.69) is 26.3 Å². The van der Waals surface area contributed by atoms with Gasteiger partial charge in [0.2, 0.25) is 5.91 Å². The number of pyridine rings is 2. The molecule has 1 aliphatic rings. The molecule has 0 atom stereocenters. The summed E-state index contributed by atoms with van der Waals surface area (Å²) in [6.07, 6.45) is 10.6. The molecule has 25 heavy (non-hydrogen) atoms. The number of amides is 1. The second-order valence-corrected chi connectivity index (χ2v) is 6.67. The lowest BCUT2D eigenvalue weighted by Crippen LogP contribution is -2.30. The first-order valence-corrected chi connectivity index (χ1v) is 8.96. The van der Waals surface area contributed by atoms with Gasteiger partial charge in [-0.1, -0.05) is 12.8 Å². The van der Waals surface area contributed by atoms with Gasteiger partial charge in [0.15, 0.2) is 0 Å². The number of hydrogen-bond donors (Lipinski definition) is 2. The highest BCUT2D eigenvalue weighted by atomic mass is 16.1. The Bertz CT molecular complexity index is 866. The number of hydrogen-bond acceptors (Lipinski definition) is 3. The summed E-state index contributed by atoms with van der Waals surface area (Å²) in [6.45, 7) is 0.659. The third-order valence-corrected chi connectivity index (χ3v) is 5.00. The highest BCUT2D eigenvalue weighted by Crippen LogP contribution is 2.28. The van der Waals surface area contributed by atoms with Gasteiger partial charge >= 0.3 is 0 Å². The minimum absolute atomic E-state index is 0.212. The van der Waals surface area contributed by atoms with Crippen molar-refractivity contribution in [3.8, 4) is 11.1 Å². The summed E-state index contributed by atoms with van der Waals surface area (Å²) in [5.41, 5.74) is 4.24. The second kappa shape index (κ2) is 7.05. The van der Waals surface area contributed by atoms with E-state index in [0.717, 1.165) is 47.1 Å². The Kier molecular flexibility index (Phi) is 4.46. The van der Waals surface area contributed by atoms with Crippen molar-refractivity contribution in [3.63, 3.8) is 0 Å². The van der Waals surface area contributed by atoms with Gasteiger partial charge in [-0.2, -0.15) is 0 Å². The van der Waals surface area contributed by atoms with E-state index in [9.17, 15) is 4.79 Å². The van der Waals surface area contributed by atoms with Gasteiger partial charge < -0.3 is 10.3 Å². The third-order valence-electron chi connectivity index (χ3n) is 5.00. The topological polar surface area (TPSA) is 70.7 Å². The van der Waals surface area contributed by atoms with E-state index in [1.54, 1.807) is 12.4 Å². The van der Waals surface area contributed by atoms with Crippen LogP contribution in [0, 0.1) is 5.92 Å². The van der Waals surface area contributed by atoms with E-state index in [1.807, 2.05) is 24.4 Å². The molecule has 3 aromatic rings. The lowest BCUT2D eigenvalue weighted by Gasteiger charge is -2.09. The minimum atomic E-state index is 0.212. The van der Waals surface area contributed by atoms with Crippen LogP contribution in [0.3, 0.4) is 0 Å². The van der Waals surface area contributed by atoms with Crippen LogP contribution in [0.25, 0.3) is 22.2 Å². The maximum Gasteiger partial charge on any atom is 0.223 e. The van der Waals surface area contributed by atoms with Gasteiger partial charge in [0, 0.05) is 48.6 Å². The third kappa shape index (κ3) is 3.40. The predicted octanol–water partition coefficient (Wildman–Crippen LogP) is 3.47. The minimum Gasteiger partial charge on any atom is -0.355 e. The molecule has 1 amide bonds. The van der Waals surface area contributed by atoms with Gasteiger partial charge in [-0.3, -0.25) is 9.78 Å². The Morgan fingerprint density at radius 2 is 1.96 bits per heavy atom. The van der Waals surface area contributed by atoms with E-state index in [4.69, 9.17) is 0 Å². The van der Waals surface area contributed by atoms with Gasteiger partial charge in [-0.25, -0.2) is 4.98 Å². The van der Waals surface area contributed by atoms with Gasteiger partial charge in [-0.05, 0) is 48.2 Å². The van der Waals surface area contributed by atoms with Crippen molar-refractivity contribution in [3.05, 3.63) is 48.5 Å². The molecule has 0 saturated heterocycles. The first-order chi connectivity index (χ1) is 12.3. The average Bonchev–Trinajstić information content (AvgIpc) is 3.31. The number of rotatable bonds is 5. The van der Waals surface area contributed by atoms with Crippen molar-refractivity contribution in [2.24, 2.45) is 5.92 Å². The van der Waals surface area contributed by atoms with Crippen LogP contribution in [-0.2, 0) is 11.2 Å². The summed E-state index contributed by atoms with van der Waals surface area (Å²) >= 11 is 0. The smallest absolute Gasteiger partial charge is 0.223 e. The first kappa shape index (κ1) is 15.8. The summed E-state index contributed by atoms with van der Waals surface area (Å²) in [7, 11) is 0. The van der Waals surface area contributed by atoms with E-state index in [-0.39, 0.29) is 11.8 Å². The van der Waals surface area contributed by atoms with Gasteiger partial charge in [0.25, 0.3) is 0 Å². The number of fused-ring (bicyclic) bond motifs is 1. The average molecular weight is 334 g/mol. The number of carbonyl (C=O) groups excluding carboxylic acids is 1. The number of nitrogens with one attached hydrogen (secondary N) is 2. The van der Waals surface area contributed by atoms with E-state index >= 15 is 0 Å². The molecule has 0 spiro atoms. The molecular weight excluding hydrogens is 312 g/mol. The Labute approximate surface area is 146 Å². The highest BCUT2D eigenvalue weighted by Gasteiger charge is 2.22. The zero-order valence-electron chi connectivity index (χ0n) is 14.2. The van der Waals surface area contributed by atoms with Gasteiger partial charge in [0.05, 0.1) is 0 Å². The monoisotopic (exact) mass is 334 g/mol. The molecular formula is C20H22N4O. The Morgan fingerprint density at radius 3 is 2.76 bits per heavy atom. The highest BCUT2D eigenvalue weighted by molar-refractivity contribution is 5.93. The molecule has 3 aromatic heterocycles.